The van der Waals surface area contributed by atoms with E-state index in [1.165, 1.54) is 0 Å². The van der Waals surface area contributed by atoms with Crippen molar-refractivity contribution in [3.05, 3.63) is 35.8 Å². The second-order valence-electron chi connectivity index (χ2n) is 4.44. The fourth-order valence-corrected chi connectivity index (χ4v) is 1.86. The van der Waals surface area contributed by atoms with Crippen LogP contribution in [-0.2, 0) is 4.84 Å². The SMILES string of the molecule is CC#C/C(=N\OCCNC)c1ccc2ncnc(C)c2c1. The van der Waals surface area contributed by atoms with Crippen LogP contribution in [0, 0.1) is 18.8 Å². The van der Waals surface area contributed by atoms with Crippen molar-refractivity contribution in [3.8, 4) is 11.8 Å². The average Bonchev–Trinajstić information content (AvgIpc) is 2.51. The summed E-state index contributed by atoms with van der Waals surface area (Å²) in [6.07, 6.45) is 1.57. The number of aromatic nitrogens is 2. The first-order chi connectivity index (χ1) is 10.3. The second kappa shape index (κ2) is 7.36. The highest BCUT2D eigenvalue weighted by molar-refractivity contribution is 6.14. The fourth-order valence-electron chi connectivity index (χ4n) is 1.86. The van der Waals surface area contributed by atoms with Gasteiger partial charge in [0.25, 0.3) is 0 Å². The van der Waals surface area contributed by atoms with Crippen LogP contribution in [0.3, 0.4) is 0 Å². The van der Waals surface area contributed by atoms with Crippen LogP contribution in [0.1, 0.15) is 18.2 Å². The quantitative estimate of drug-likeness (QED) is 0.394. The maximum Gasteiger partial charge on any atom is 0.159 e. The van der Waals surface area contributed by atoms with E-state index in [0.717, 1.165) is 28.7 Å². The van der Waals surface area contributed by atoms with E-state index in [0.29, 0.717) is 12.3 Å². The van der Waals surface area contributed by atoms with Gasteiger partial charge in [-0.1, -0.05) is 11.1 Å². The third-order valence-electron chi connectivity index (χ3n) is 2.95. The van der Waals surface area contributed by atoms with Crippen LogP contribution in [0.2, 0.25) is 0 Å². The molecule has 0 fully saturated rings. The molecule has 1 aromatic heterocycles. The highest BCUT2D eigenvalue weighted by atomic mass is 16.6. The molecule has 0 bridgehead atoms. The summed E-state index contributed by atoms with van der Waals surface area (Å²) >= 11 is 0. The van der Waals surface area contributed by atoms with Gasteiger partial charge in [-0.15, -0.1) is 0 Å². The summed E-state index contributed by atoms with van der Waals surface area (Å²) in [7, 11) is 1.87. The molecule has 2 aromatic rings. The summed E-state index contributed by atoms with van der Waals surface area (Å²) < 4.78 is 0. The predicted octanol–water partition coefficient (Wildman–Crippen LogP) is 1.90. The molecule has 0 saturated carbocycles. The summed E-state index contributed by atoms with van der Waals surface area (Å²) in [4.78, 5) is 13.7. The number of hydrogen-bond donors (Lipinski definition) is 1. The van der Waals surface area contributed by atoms with Gasteiger partial charge in [-0.05, 0) is 45.0 Å². The number of aryl methyl sites for hydroxylation is 1. The standard InChI is InChI=1S/C16H18N4O/c1-4-5-15(20-21-9-8-17-3)13-6-7-16-14(10-13)12(2)18-11-19-16/h6-7,10-11,17H,8-9H2,1-3H3/b20-15+. The minimum atomic E-state index is 0.501. The number of nitrogens with zero attached hydrogens (tertiary/aromatic N) is 3. The maximum atomic E-state index is 5.28. The molecule has 0 unspecified atom stereocenters. The van der Waals surface area contributed by atoms with Crippen LogP contribution in [0.15, 0.2) is 29.7 Å². The largest absolute Gasteiger partial charge is 0.393 e. The van der Waals surface area contributed by atoms with E-state index in [-0.39, 0.29) is 0 Å². The van der Waals surface area contributed by atoms with E-state index in [9.17, 15) is 0 Å². The van der Waals surface area contributed by atoms with Crippen LogP contribution < -0.4 is 5.32 Å². The molecule has 0 radical (unpaired) electrons. The lowest BCUT2D eigenvalue weighted by Crippen LogP contribution is -2.13. The topological polar surface area (TPSA) is 59.4 Å². The van der Waals surface area contributed by atoms with Crippen molar-refractivity contribution in [3.63, 3.8) is 0 Å². The van der Waals surface area contributed by atoms with Crippen molar-refractivity contribution >= 4 is 16.6 Å². The normalized spacial score (nSPS) is 11.1. The molecule has 0 aliphatic rings. The molecule has 108 valence electrons. The number of likely N-dealkylation sites (N-methyl/N-ethyl adjacent to an activating group) is 1. The zero-order valence-electron chi connectivity index (χ0n) is 12.5. The summed E-state index contributed by atoms with van der Waals surface area (Å²) in [6, 6.07) is 5.88. The molecule has 21 heavy (non-hydrogen) atoms. The lowest BCUT2D eigenvalue weighted by molar-refractivity contribution is 0.148. The fraction of sp³-hybridized carbons (Fsp3) is 0.312. The Balaban J connectivity index is 2.35. The number of benzene rings is 1. The smallest absolute Gasteiger partial charge is 0.159 e. The lowest BCUT2D eigenvalue weighted by atomic mass is 10.1. The summed E-state index contributed by atoms with van der Waals surface area (Å²) in [5, 5.41) is 8.11. The van der Waals surface area contributed by atoms with Crippen molar-refractivity contribution in [2.75, 3.05) is 20.2 Å². The van der Waals surface area contributed by atoms with E-state index in [1.807, 2.05) is 32.2 Å². The lowest BCUT2D eigenvalue weighted by Gasteiger charge is -2.04. The molecule has 1 N–H and O–H groups in total. The number of oxime groups is 1. The molecule has 0 aliphatic heterocycles. The predicted molar refractivity (Wildman–Crippen MR) is 84.1 cm³/mol. The number of nitrogens with one attached hydrogen (secondary N) is 1. The van der Waals surface area contributed by atoms with Crippen molar-refractivity contribution in [2.24, 2.45) is 5.16 Å². The van der Waals surface area contributed by atoms with Gasteiger partial charge in [0.1, 0.15) is 12.9 Å². The van der Waals surface area contributed by atoms with Gasteiger partial charge in [-0.3, -0.25) is 0 Å². The summed E-state index contributed by atoms with van der Waals surface area (Å²) in [5.41, 5.74) is 3.35. The van der Waals surface area contributed by atoms with E-state index in [4.69, 9.17) is 4.84 Å². The van der Waals surface area contributed by atoms with Crippen LogP contribution in [0.25, 0.3) is 10.9 Å². The molecule has 0 aliphatic carbocycles. The zero-order valence-corrected chi connectivity index (χ0v) is 12.5. The molecule has 0 spiro atoms. The minimum Gasteiger partial charge on any atom is -0.393 e. The first-order valence-electron chi connectivity index (χ1n) is 6.75. The van der Waals surface area contributed by atoms with Gasteiger partial charge >= 0.3 is 0 Å². The van der Waals surface area contributed by atoms with E-state index >= 15 is 0 Å². The monoisotopic (exact) mass is 282 g/mol. The Morgan fingerprint density at radius 3 is 3.00 bits per heavy atom. The summed E-state index contributed by atoms with van der Waals surface area (Å²) in [5.74, 6) is 5.84. The Hall–Kier alpha value is -2.45. The van der Waals surface area contributed by atoms with Crippen LogP contribution in [0.5, 0.6) is 0 Å². The van der Waals surface area contributed by atoms with Crippen LogP contribution in [-0.4, -0.2) is 35.9 Å². The van der Waals surface area contributed by atoms with Gasteiger partial charge < -0.3 is 10.2 Å². The van der Waals surface area contributed by atoms with Gasteiger partial charge in [-0.2, -0.15) is 0 Å². The highest BCUT2D eigenvalue weighted by Gasteiger charge is 2.06. The van der Waals surface area contributed by atoms with Crippen molar-refractivity contribution in [1.82, 2.24) is 15.3 Å². The molecule has 5 heteroatoms. The van der Waals surface area contributed by atoms with Gasteiger partial charge in [0.2, 0.25) is 0 Å². The molecule has 0 amide bonds. The van der Waals surface area contributed by atoms with Gasteiger partial charge in [0, 0.05) is 23.2 Å². The second-order valence-corrected chi connectivity index (χ2v) is 4.44. The van der Waals surface area contributed by atoms with Crippen molar-refractivity contribution in [1.29, 1.82) is 0 Å². The Bertz CT molecular complexity index is 713. The molecule has 1 aromatic carbocycles. The van der Waals surface area contributed by atoms with Gasteiger partial charge in [0.15, 0.2) is 5.71 Å². The van der Waals surface area contributed by atoms with Gasteiger partial charge in [0.05, 0.1) is 5.52 Å². The molecular weight excluding hydrogens is 264 g/mol. The molecule has 0 atom stereocenters. The Kier molecular flexibility index (Phi) is 5.24. The molecular formula is C16H18N4O. The third kappa shape index (κ3) is 3.77. The average molecular weight is 282 g/mol. The number of fused-ring (bicyclic) bond motifs is 1. The third-order valence-corrected chi connectivity index (χ3v) is 2.95. The Morgan fingerprint density at radius 2 is 2.24 bits per heavy atom. The molecule has 1 heterocycles. The Labute approximate surface area is 124 Å². The Morgan fingerprint density at radius 1 is 1.38 bits per heavy atom. The minimum absolute atomic E-state index is 0.501. The first kappa shape index (κ1) is 14.9. The molecule has 5 nitrogen and oxygen atoms in total. The van der Waals surface area contributed by atoms with Crippen molar-refractivity contribution in [2.45, 2.75) is 13.8 Å². The number of hydrogen-bond acceptors (Lipinski definition) is 5. The van der Waals surface area contributed by atoms with E-state index in [1.54, 1.807) is 13.3 Å². The highest BCUT2D eigenvalue weighted by Crippen LogP contribution is 2.16. The van der Waals surface area contributed by atoms with Crippen molar-refractivity contribution < 1.29 is 4.84 Å². The molecule has 2 rings (SSSR count). The summed E-state index contributed by atoms with van der Waals surface area (Å²) in [6.45, 7) is 4.97. The number of rotatable bonds is 5. The van der Waals surface area contributed by atoms with E-state index in [2.05, 4.69) is 32.3 Å². The van der Waals surface area contributed by atoms with Crippen LogP contribution >= 0.6 is 0 Å². The zero-order chi connectivity index (χ0) is 15.1. The molecule has 0 saturated heterocycles. The van der Waals surface area contributed by atoms with Crippen LogP contribution in [0.4, 0.5) is 0 Å². The van der Waals surface area contributed by atoms with E-state index < -0.39 is 0 Å². The maximum absolute atomic E-state index is 5.28. The first-order valence-corrected chi connectivity index (χ1v) is 6.75. The van der Waals surface area contributed by atoms with Gasteiger partial charge in [-0.25, -0.2) is 9.97 Å².